The molecule has 1 atom stereocenters. The molecule has 0 bridgehead atoms. The first-order chi connectivity index (χ1) is 8.80. The van der Waals surface area contributed by atoms with Crippen LogP contribution in [0.5, 0.6) is 0 Å². The smallest absolute Gasteiger partial charge is 0.321 e. The fraction of sp³-hybridized carbons (Fsp3) is 0.300. The van der Waals surface area contributed by atoms with E-state index in [1.165, 1.54) is 12.1 Å². The molecular weight excluding hydrogens is 327 g/mol. The molecule has 0 aliphatic carbocycles. The molecule has 2 rings (SSSR count). The minimum Gasteiger partial charge on any atom is -0.321 e. The maximum Gasteiger partial charge on any atom is 0.418 e. The molecule has 1 unspecified atom stereocenters. The van der Waals surface area contributed by atoms with Gasteiger partial charge in [0.25, 0.3) is 0 Å². The molecule has 5 nitrogen and oxygen atoms in total. The van der Waals surface area contributed by atoms with E-state index in [9.17, 15) is 13.2 Å². The SMILES string of the molecule is CC(N)c1nnnn1-c1ccc(Br)cc1C(F)(F)F. The van der Waals surface area contributed by atoms with Crippen LogP contribution in [0.3, 0.4) is 0 Å². The third-order valence-corrected chi connectivity index (χ3v) is 2.89. The van der Waals surface area contributed by atoms with Gasteiger partial charge in [-0.05, 0) is 35.5 Å². The van der Waals surface area contributed by atoms with E-state index < -0.39 is 17.8 Å². The van der Waals surface area contributed by atoms with Crippen molar-refractivity contribution in [1.82, 2.24) is 20.2 Å². The van der Waals surface area contributed by atoms with Crippen LogP contribution in [0.15, 0.2) is 22.7 Å². The number of halogens is 4. The second-order valence-corrected chi connectivity index (χ2v) is 4.81. The third kappa shape index (κ3) is 2.76. The summed E-state index contributed by atoms with van der Waals surface area (Å²) in [5.41, 5.74) is 4.64. The van der Waals surface area contributed by atoms with Crippen molar-refractivity contribution in [3.05, 3.63) is 34.1 Å². The van der Waals surface area contributed by atoms with Crippen LogP contribution < -0.4 is 5.73 Å². The van der Waals surface area contributed by atoms with Crippen LogP contribution in [0.2, 0.25) is 0 Å². The molecule has 9 heteroatoms. The Balaban J connectivity index is 2.65. The summed E-state index contributed by atoms with van der Waals surface area (Å²) in [5.74, 6) is 0.160. The van der Waals surface area contributed by atoms with Gasteiger partial charge in [-0.1, -0.05) is 15.9 Å². The highest BCUT2D eigenvalue weighted by Crippen LogP contribution is 2.35. The van der Waals surface area contributed by atoms with Gasteiger partial charge in [0.05, 0.1) is 17.3 Å². The number of tetrazole rings is 1. The van der Waals surface area contributed by atoms with Gasteiger partial charge < -0.3 is 5.73 Å². The number of alkyl halides is 3. The predicted octanol–water partition coefficient (Wildman–Crippen LogP) is 2.46. The number of hydrogen-bond donors (Lipinski definition) is 1. The van der Waals surface area contributed by atoms with Crippen LogP contribution in [-0.2, 0) is 6.18 Å². The molecule has 0 aliphatic rings. The lowest BCUT2D eigenvalue weighted by Gasteiger charge is -2.14. The Bertz CT molecular complexity index is 593. The van der Waals surface area contributed by atoms with E-state index in [2.05, 4.69) is 31.5 Å². The lowest BCUT2D eigenvalue weighted by molar-refractivity contribution is -0.137. The first-order valence-corrected chi connectivity index (χ1v) is 6.01. The van der Waals surface area contributed by atoms with Gasteiger partial charge in [-0.2, -0.15) is 17.9 Å². The zero-order chi connectivity index (χ0) is 14.2. The third-order valence-electron chi connectivity index (χ3n) is 2.39. The summed E-state index contributed by atoms with van der Waals surface area (Å²) >= 11 is 3.01. The number of nitrogens with zero attached hydrogens (tertiary/aromatic N) is 4. The quantitative estimate of drug-likeness (QED) is 0.915. The van der Waals surface area contributed by atoms with E-state index in [0.29, 0.717) is 4.47 Å². The van der Waals surface area contributed by atoms with Gasteiger partial charge in [-0.3, -0.25) is 0 Å². The summed E-state index contributed by atoms with van der Waals surface area (Å²) < 4.78 is 40.4. The maximum atomic E-state index is 13.0. The second-order valence-electron chi connectivity index (χ2n) is 3.90. The Morgan fingerprint density at radius 2 is 2.05 bits per heavy atom. The molecular formula is C10H9BrF3N5. The van der Waals surface area contributed by atoms with Crippen molar-refractivity contribution in [2.45, 2.75) is 19.1 Å². The molecule has 0 amide bonds. The van der Waals surface area contributed by atoms with Crippen LogP contribution in [0, 0.1) is 0 Å². The van der Waals surface area contributed by atoms with Crippen molar-refractivity contribution >= 4 is 15.9 Å². The molecule has 1 aromatic carbocycles. The summed E-state index contributed by atoms with van der Waals surface area (Å²) in [6, 6.07) is 3.16. The van der Waals surface area contributed by atoms with Gasteiger partial charge in [-0.25, -0.2) is 0 Å². The summed E-state index contributed by atoms with van der Waals surface area (Å²) in [4.78, 5) is 0. The number of benzene rings is 1. The van der Waals surface area contributed by atoms with Gasteiger partial charge in [0.15, 0.2) is 5.82 Å². The number of hydrogen-bond acceptors (Lipinski definition) is 4. The van der Waals surface area contributed by atoms with Crippen molar-refractivity contribution in [2.24, 2.45) is 5.73 Å². The highest BCUT2D eigenvalue weighted by Gasteiger charge is 2.35. The van der Waals surface area contributed by atoms with Crippen molar-refractivity contribution in [3.8, 4) is 5.69 Å². The van der Waals surface area contributed by atoms with Gasteiger partial charge in [0.1, 0.15) is 0 Å². The van der Waals surface area contributed by atoms with Gasteiger partial charge >= 0.3 is 6.18 Å². The summed E-state index contributed by atoms with van der Waals surface area (Å²) in [5, 5.41) is 10.6. The monoisotopic (exact) mass is 335 g/mol. The average molecular weight is 336 g/mol. The van der Waals surface area contributed by atoms with Crippen LogP contribution >= 0.6 is 15.9 Å². The van der Waals surface area contributed by atoms with E-state index in [1.807, 2.05) is 0 Å². The molecule has 1 heterocycles. The highest BCUT2D eigenvalue weighted by molar-refractivity contribution is 9.10. The lowest BCUT2D eigenvalue weighted by atomic mass is 10.1. The van der Waals surface area contributed by atoms with Crippen LogP contribution in [0.4, 0.5) is 13.2 Å². The Labute approximate surface area is 114 Å². The minimum absolute atomic E-state index is 0.159. The number of aromatic nitrogens is 4. The maximum absolute atomic E-state index is 13.0. The molecule has 102 valence electrons. The number of nitrogens with two attached hydrogens (primary N) is 1. The highest BCUT2D eigenvalue weighted by atomic mass is 79.9. The minimum atomic E-state index is -4.51. The van der Waals surface area contributed by atoms with Crippen molar-refractivity contribution < 1.29 is 13.2 Å². The van der Waals surface area contributed by atoms with E-state index in [4.69, 9.17) is 5.73 Å². The number of rotatable bonds is 2. The Morgan fingerprint density at radius 3 is 2.63 bits per heavy atom. The van der Waals surface area contributed by atoms with E-state index in [1.54, 1.807) is 6.92 Å². The topological polar surface area (TPSA) is 69.6 Å². The van der Waals surface area contributed by atoms with Crippen LogP contribution in [0.25, 0.3) is 5.69 Å². The predicted molar refractivity (Wildman–Crippen MR) is 64.5 cm³/mol. The van der Waals surface area contributed by atoms with E-state index in [-0.39, 0.29) is 11.5 Å². The van der Waals surface area contributed by atoms with Crippen molar-refractivity contribution in [3.63, 3.8) is 0 Å². The Kier molecular flexibility index (Phi) is 3.59. The molecule has 19 heavy (non-hydrogen) atoms. The van der Waals surface area contributed by atoms with Gasteiger partial charge in [0.2, 0.25) is 0 Å². The standard InChI is InChI=1S/C10H9BrF3N5/c1-5(15)9-16-17-18-19(9)8-3-2-6(11)4-7(8)10(12,13)14/h2-5H,15H2,1H3. The van der Waals surface area contributed by atoms with Crippen LogP contribution in [0.1, 0.15) is 24.4 Å². The van der Waals surface area contributed by atoms with Gasteiger partial charge in [0, 0.05) is 4.47 Å². The fourth-order valence-electron chi connectivity index (χ4n) is 1.57. The largest absolute Gasteiger partial charge is 0.418 e. The molecule has 0 spiro atoms. The lowest BCUT2D eigenvalue weighted by Crippen LogP contribution is -2.17. The Morgan fingerprint density at radius 1 is 1.37 bits per heavy atom. The van der Waals surface area contributed by atoms with E-state index >= 15 is 0 Å². The van der Waals surface area contributed by atoms with Crippen molar-refractivity contribution in [2.75, 3.05) is 0 Å². The molecule has 1 aromatic heterocycles. The van der Waals surface area contributed by atoms with Gasteiger partial charge in [-0.15, -0.1) is 5.10 Å². The summed E-state index contributed by atoms with van der Waals surface area (Å²) in [6.07, 6.45) is -4.51. The zero-order valence-electron chi connectivity index (χ0n) is 9.69. The molecule has 2 aromatic rings. The second kappa shape index (κ2) is 4.89. The molecule has 0 radical (unpaired) electrons. The first-order valence-electron chi connectivity index (χ1n) is 5.21. The molecule has 0 fully saturated rings. The van der Waals surface area contributed by atoms with E-state index in [0.717, 1.165) is 10.7 Å². The zero-order valence-corrected chi connectivity index (χ0v) is 11.3. The Hall–Kier alpha value is -1.48. The molecule has 0 saturated heterocycles. The average Bonchev–Trinajstić information content (AvgIpc) is 2.76. The van der Waals surface area contributed by atoms with Crippen molar-refractivity contribution in [1.29, 1.82) is 0 Å². The molecule has 2 N–H and O–H groups in total. The fourth-order valence-corrected chi connectivity index (χ4v) is 1.93. The summed E-state index contributed by atoms with van der Waals surface area (Å²) in [7, 11) is 0. The summed E-state index contributed by atoms with van der Waals surface area (Å²) in [6.45, 7) is 1.59. The normalized spacial score (nSPS) is 13.6. The molecule has 0 aliphatic heterocycles. The van der Waals surface area contributed by atoms with Crippen LogP contribution in [-0.4, -0.2) is 20.2 Å². The molecule has 0 saturated carbocycles. The first kappa shape index (κ1) is 13.9.